The molecule has 0 aliphatic heterocycles. The molecule has 1 aromatic heterocycles. The summed E-state index contributed by atoms with van der Waals surface area (Å²) in [4.78, 5) is 14.4. The van der Waals surface area contributed by atoms with Crippen molar-refractivity contribution >= 4 is 24.6 Å². The van der Waals surface area contributed by atoms with Crippen LogP contribution in [0.4, 0.5) is 0 Å². The molecule has 0 spiro atoms. The second kappa shape index (κ2) is 8.71. The largest absolute Gasteiger partial charge is 0.493 e. The number of hydrogen-bond acceptors (Lipinski definition) is 5. The van der Waals surface area contributed by atoms with E-state index in [1.54, 1.807) is 20.3 Å². The third kappa shape index (κ3) is 4.34. The molecule has 0 saturated carbocycles. The van der Waals surface area contributed by atoms with Gasteiger partial charge in [-0.15, -0.1) is 12.4 Å². The molecule has 0 aliphatic rings. The Kier molecular flexibility index (Phi) is 7.28. The first-order valence-corrected chi connectivity index (χ1v) is 7.28. The van der Waals surface area contributed by atoms with Crippen molar-refractivity contribution in [2.45, 2.75) is 13.0 Å². The SMILES string of the molecule is COc1ccc(-c2cc(=O)[nH]c(=S)n2CCCN)cc1OC.Cl. The molecular formula is C15H20ClN3O3S. The number of methoxy groups -OCH3 is 2. The van der Waals surface area contributed by atoms with Crippen LogP contribution in [-0.2, 0) is 6.54 Å². The molecule has 1 heterocycles. The number of nitrogens with one attached hydrogen (secondary N) is 1. The highest BCUT2D eigenvalue weighted by molar-refractivity contribution is 7.71. The van der Waals surface area contributed by atoms with Crippen molar-refractivity contribution in [1.82, 2.24) is 9.55 Å². The summed E-state index contributed by atoms with van der Waals surface area (Å²) in [5.74, 6) is 1.22. The van der Waals surface area contributed by atoms with Crippen molar-refractivity contribution in [2.75, 3.05) is 20.8 Å². The summed E-state index contributed by atoms with van der Waals surface area (Å²) in [7, 11) is 3.15. The van der Waals surface area contributed by atoms with Crippen LogP contribution in [0.15, 0.2) is 29.1 Å². The summed E-state index contributed by atoms with van der Waals surface area (Å²) in [5.41, 5.74) is 6.89. The molecular weight excluding hydrogens is 338 g/mol. The Morgan fingerprint density at radius 2 is 1.91 bits per heavy atom. The maximum Gasteiger partial charge on any atom is 0.252 e. The summed E-state index contributed by atoms with van der Waals surface area (Å²) in [6.07, 6.45) is 0.765. The highest BCUT2D eigenvalue weighted by atomic mass is 35.5. The first kappa shape index (κ1) is 19.2. The summed E-state index contributed by atoms with van der Waals surface area (Å²) in [6, 6.07) is 7.00. The van der Waals surface area contributed by atoms with Gasteiger partial charge in [-0.1, -0.05) is 0 Å². The molecule has 0 unspecified atom stereocenters. The van der Waals surface area contributed by atoms with Crippen molar-refractivity contribution in [3.8, 4) is 22.8 Å². The molecule has 0 bridgehead atoms. The molecule has 8 heteroatoms. The first-order chi connectivity index (χ1) is 10.6. The third-order valence-electron chi connectivity index (χ3n) is 3.30. The molecule has 6 nitrogen and oxygen atoms in total. The molecule has 126 valence electrons. The van der Waals surface area contributed by atoms with Gasteiger partial charge in [0, 0.05) is 18.2 Å². The molecule has 0 fully saturated rings. The van der Waals surface area contributed by atoms with E-state index in [-0.39, 0.29) is 18.0 Å². The van der Waals surface area contributed by atoms with Gasteiger partial charge < -0.3 is 19.8 Å². The normalized spacial score (nSPS) is 10.0. The number of hydrogen-bond donors (Lipinski definition) is 2. The smallest absolute Gasteiger partial charge is 0.252 e. The van der Waals surface area contributed by atoms with Gasteiger partial charge in [0.1, 0.15) is 0 Å². The van der Waals surface area contributed by atoms with Crippen LogP contribution in [-0.4, -0.2) is 30.3 Å². The number of ether oxygens (including phenoxy) is 2. The van der Waals surface area contributed by atoms with Gasteiger partial charge in [0.05, 0.1) is 19.9 Å². The summed E-state index contributed by atoms with van der Waals surface area (Å²) in [6.45, 7) is 1.18. The van der Waals surface area contributed by atoms with E-state index in [0.717, 1.165) is 17.7 Å². The highest BCUT2D eigenvalue weighted by Gasteiger charge is 2.10. The van der Waals surface area contributed by atoms with Crippen molar-refractivity contribution in [3.63, 3.8) is 0 Å². The summed E-state index contributed by atoms with van der Waals surface area (Å²) in [5, 5.41) is 0. The monoisotopic (exact) mass is 357 g/mol. The maximum atomic E-state index is 11.8. The summed E-state index contributed by atoms with van der Waals surface area (Å²) >= 11 is 5.26. The minimum Gasteiger partial charge on any atom is -0.493 e. The molecule has 0 atom stereocenters. The van der Waals surface area contributed by atoms with Gasteiger partial charge in [-0.3, -0.25) is 9.78 Å². The number of nitrogens with two attached hydrogens (primary N) is 1. The lowest BCUT2D eigenvalue weighted by Crippen LogP contribution is -2.16. The molecule has 2 aromatic rings. The van der Waals surface area contributed by atoms with Crippen molar-refractivity contribution in [3.05, 3.63) is 39.4 Å². The fourth-order valence-electron chi connectivity index (χ4n) is 2.23. The lowest BCUT2D eigenvalue weighted by Gasteiger charge is -2.15. The Balaban J connectivity index is 0.00000264. The number of nitrogens with zero attached hydrogens (tertiary/aromatic N) is 1. The third-order valence-corrected chi connectivity index (χ3v) is 3.62. The number of halogens is 1. The van der Waals surface area contributed by atoms with Crippen LogP contribution in [0.3, 0.4) is 0 Å². The lowest BCUT2D eigenvalue weighted by atomic mass is 10.1. The predicted octanol–water partition coefficient (Wildman–Crippen LogP) is 2.36. The van der Waals surface area contributed by atoms with Crippen molar-refractivity contribution in [2.24, 2.45) is 5.73 Å². The highest BCUT2D eigenvalue weighted by Crippen LogP contribution is 2.31. The minimum atomic E-state index is -0.237. The molecule has 0 amide bonds. The van der Waals surface area contributed by atoms with Gasteiger partial charge in [-0.05, 0) is 43.4 Å². The van der Waals surface area contributed by atoms with Crippen LogP contribution in [0.25, 0.3) is 11.3 Å². The van der Waals surface area contributed by atoms with Crippen molar-refractivity contribution in [1.29, 1.82) is 0 Å². The number of benzene rings is 1. The first-order valence-electron chi connectivity index (χ1n) is 6.87. The van der Waals surface area contributed by atoms with E-state index in [0.29, 0.717) is 29.4 Å². The molecule has 0 saturated heterocycles. The van der Waals surface area contributed by atoms with E-state index in [4.69, 9.17) is 27.4 Å². The van der Waals surface area contributed by atoms with Gasteiger partial charge in [0.2, 0.25) is 0 Å². The number of aromatic amines is 1. The number of rotatable bonds is 6. The zero-order valence-electron chi connectivity index (χ0n) is 13.0. The van der Waals surface area contributed by atoms with Gasteiger partial charge in [-0.25, -0.2) is 0 Å². The van der Waals surface area contributed by atoms with Crippen LogP contribution < -0.4 is 20.8 Å². The molecule has 0 aliphatic carbocycles. The summed E-state index contributed by atoms with van der Waals surface area (Å²) < 4.78 is 12.8. The average Bonchev–Trinajstić information content (AvgIpc) is 2.52. The van der Waals surface area contributed by atoms with Crippen LogP contribution in [0.1, 0.15) is 6.42 Å². The topological polar surface area (TPSA) is 82.3 Å². The zero-order valence-corrected chi connectivity index (χ0v) is 14.6. The van der Waals surface area contributed by atoms with Crippen LogP contribution in [0.5, 0.6) is 11.5 Å². The van der Waals surface area contributed by atoms with Crippen molar-refractivity contribution < 1.29 is 9.47 Å². The zero-order chi connectivity index (χ0) is 16.1. The standard InChI is InChI=1S/C15H19N3O3S.ClH/c1-20-12-5-4-10(8-13(12)21-2)11-9-14(19)17-15(22)18(11)7-3-6-16;/h4-5,8-9H,3,6-7,16H2,1-2H3,(H,17,19,22);1H. The molecule has 23 heavy (non-hydrogen) atoms. The number of aromatic nitrogens is 2. The van der Waals surface area contributed by atoms with Gasteiger partial charge >= 0.3 is 0 Å². The average molecular weight is 358 g/mol. The van der Waals surface area contributed by atoms with Gasteiger partial charge in [0.15, 0.2) is 16.3 Å². The fourth-order valence-corrected chi connectivity index (χ4v) is 2.52. The minimum absolute atomic E-state index is 0. The van der Waals surface area contributed by atoms with E-state index in [1.165, 1.54) is 6.07 Å². The van der Waals surface area contributed by atoms with Crippen LogP contribution in [0.2, 0.25) is 0 Å². The second-order valence-electron chi connectivity index (χ2n) is 4.69. The Labute approximate surface area is 145 Å². The Morgan fingerprint density at radius 1 is 1.22 bits per heavy atom. The number of H-pyrrole nitrogens is 1. The predicted molar refractivity (Wildman–Crippen MR) is 95.3 cm³/mol. The van der Waals surface area contributed by atoms with Crippen LogP contribution in [0, 0.1) is 4.77 Å². The van der Waals surface area contributed by atoms with E-state index < -0.39 is 0 Å². The van der Waals surface area contributed by atoms with E-state index in [2.05, 4.69) is 4.98 Å². The van der Waals surface area contributed by atoms with Gasteiger partial charge in [0.25, 0.3) is 5.56 Å². The lowest BCUT2D eigenvalue weighted by molar-refractivity contribution is 0.355. The molecule has 2 rings (SSSR count). The Bertz CT molecular complexity index is 773. The molecule has 3 N–H and O–H groups in total. The molecule has 1 aromatic carbocycles. The molecule has 0 radical (unpaired) electrons. The van der Waals surface area contributed by atoms with E-state index in [9.17, 15) is 4.79 Å². The quantitative estimate of drug-likeness (QED) is 0.775. The maximum absolute atomic E-state index is 11.8. The van der Waals surface area contributed by atoms with E-state index >= 15 is 0 Å². The van der Waals surface area contributed by atoms with E-state index in [1.807, 2.05) is 16.7 Å². The Morgan fingerprint density at radius 3 is 2.52 bits per heavy atom. The van der Waals surface area contributed by atoms with Crippen LogP contribution >= 0.6 is 24.6 Å². The second-order valence-corrected chi connectivity index (χ2v) is 5.07. The van der Waals surface area contributed by atoms with Gasteiger partial charge in [-0.2, -0.15) is 0 Å². The fraction of sp³-hybridized carbons (Fsp3) is 0.333. The Hall–Kier alpha value is -1.83.